The second-order valence-electron chi connectivity index (χ2n) is 7.38. The predicted octanol–water partition coefficient (Wildman–Crippen LogP) is 3.34. The smallest absolute Gasteiger partial charge is 0.228 e. The van der Waals surface area contributed by atoms with Crippen molar-refractivity contribution in [1.82, 2.24) is 25.0 Å². The van der Waals surface area contributed by atoms with Crippen LogP contribution in [-0.2, 0) is 16.8 Å². The van der Waals surface area contributed by atoms with Crippen molar-refractivity contribution in [3.8, 4) is 11.5 Å². The van der Waals surface area contributed by atoms with Gasteiger partial charge >= 0.3 is 0 Å². The molecule has 1 saturated carbocycles. The van der Waals surface area contributed by atoms with Crippen LogP contribution in [0.4, 0.5) is 0 Å². The van der Waals surface area contributed by atoms with Crippen molar-refractivity contribution in [3.05, 3.63) is 54.8 Å². The molecule has 0 spiro atoms. The van der Waals surface area contributed by atoms with E-state index in [0.717, 1.165) is 12.8 Å². The summed E-state index contributed by atoms with van der Waals surface area (Å²) in [6, 6.07) is 9.62. The van der Waals surface area contributed by atoms with Crippen molar-refractivity contribution in [2.45, 2.75) is 50.5 Å². The maximum absolute atomic E-state index is 12.6. The van der Waals surface area contributed by atoms with Gasteiger partial charge in [-0.3, -0.25) is 9.78 Å². The number of aromatic nitrogens is 4. The van der Waals surface area contributed by atoms with Crippen molar-refractivity contribution < 1.29 is 9.32 Å². The third kappa shape index (κ3) is 4.13. The molecule has 7 heteroatoms. The monoisotopic (exact) mass is 379 g/mol. The van der Waals surface area contributed by atoms with Gasteiger partial charge in [0.05, 0.1) is 12.0 Å². The summed E-state index contributed by atoms with van der Waals surface area (Å²) in [6.07, 6.45) is 12.5. The summed E-state index contributed by atoms with van der Waals surface area (Å²) in [5, 5.41) is 6.98. The molecule has 0 unspecified atom stereocenters. The van der Waals surface area contributed by atoms with Crippen LogP contribution in [0.25, 0.3) is 11.5 Å². The maximum atomic E-state index is 12.6. The molecule has 0 bridgehead atoms. The molecular weight excluding hydrogens is 354 g/mol. The molecule has 7 nitrogen and oxygen atoms in total. The van der Waals surface area contributed by atoms with Gasteiger partial charge in [0.25, 0.3) is 0 Å². The number of nitrogens with one attached hydrogen (secondary N) is 1. The van der Waals surface area contributed by atoms with E-state index in [1.807, 2.05) is 30.3 Å². The third-order valence-corrected chi connectivity index (χ3v) is 5.45. The molecule has 0 radical (unpaired) electrons. The highest BCUT2D eigenvalue weighted by molar-refractivity contribution is 5.77. The van der Waals surface area contributed by atoms with Crippen LogP contribution in [0.5, 0.6) is 0 Å². The second kappa shape index (κ2) is 8.37. The number of pyridine rings is 1. The molecule has 4 rings (SSSR count). The minimum absolute atomic E-state index is 0.0695. The number of nitrogens with zero attached hydrogens (tertiary/aromatic N) is 4. The molecule has 1 N–H and O–H groups in total. The fourth-order valence-electron chi connectivity index (χ4n) is 4.01. The fourth-order valence-corrected chi connectivity index (χ4v) is 4.01. The lowest BCUT2D eigenvalue weighted by atomic mass is 9.78. The Kier molecular flexibility index (Phi) is 5.50. The van der Waals surface area contributed by atoms with Crippen LogP contribution < -0.4 is 5.32 Å². The van der Waals surface area contributed by atoms with Crippen LogP contribution in [0.1, 0.15) is 44.4 Å². The summed E-state index contributed by atoms with van der Waals surface area (Å²) in [7, 11) is 0. The molecule has 3 heterocycles. The molecule has 146 valence electrons. The number of hydrogen-bond acceptors (Lipinski definition) is 5. The molecule has 3 aromatic rings. The molecular formula is C21H25N5O2. The van der Waals surface area contributed by atoms with Gasteiger partial charge in [-0.25, -0.2) is 0 Å². The van der Waals surface area contributed by atoms with Gasteiger partial charge in [-0.15, -0.1) is 0 Å². The van der Waals surface area contributed by atoms with Crippen LogP contribution >= 0.6 is 0 Å². The van der Waals surface area contributed by atoms with E-state index in [2.05, 4.69) is 37.4 Å². The van der Waals surface area contributed by atoms with Gasteiger partial charge in [-0.2, -0.15) is 4.98 Å². The Morgan fingerprint density at radius 2 is 1.96 bits per heavy atom. The molecule has 1 amide bonds. The summed E-state index contributed by atoms with van der Waals surface area (Å²) in [5.74, 6) is 1.04. The van der Waals surface area contributed by atoms with E-state index in [9.17, 15) is 4.79 Å². The molecule has 28 heavy (non-hydrogen) atoms. The number of hydrogen-bond donors (Lipinski definition) is 1. The number of amides is 1. The Labute approximate surface area is 164 Å². The van der Waals surface area contributed by atoms with Crippen molar-refractivity contribution in [2.75, 3.05) is 6.54 Å². The number of rotatable bonds is 7. The van der Waals surface area contributed by atoms with Gasteiger partial charge in [0, 0.05) is 31.6 Å². The van der Waals surface area contributed by atoms with Crippen LogP contribution in [-0.4, -0.2) is 32.1 Å². The molecule has 0 aromatic carbocycles. The first-order chi connectivity index (χ1) is 13.8. The molecule has 0 aliphatic heterocycles. The summed E-state index contributed by atoms with van der Waals surface area (Å²) in [4.78, 5) is 21.2. The SMILES string of the molecule is O=C(CC1(n2cccc2)CCCCC1)NCCc1nc(-c2ccccn2)no1. The second-order valence-corrected chi connectivity index (χ2v) is 7.38. The lowest BCUT2D eigenvalue weighted by Crippen LogP contribution is -2.41. The zero-order valence-electron chi connectivity index (χ0n) is 15.9. The van der Waals surface area contributed by atoms with E-state index in [0.29, 0.717) is 36.8 Å². The average Bonchev–Trinajstić information content (AvgIpc) is 3.42. The van der Waals surface area contributed by atoms with Gasteiger partial charge in [0.1, 0.15) is 5.69 Å². The zero-order chi connectivity index (χ0) is 19.2. The minimum Gasteiger partial charge on any atom is -0.356 e. The third-order valence-electron chi connectivity index (χ3n) is 5.45. The van der Waals surface area contributed by atoms with E-state index >= 15 is 0 Å². The summed E-state index contributed by atoms with van der Waals surface area (Å²) < 4.78 is 7.50. The van der Waals surface area contributed by atoms with Gasteiger partial charge in [-0.05, 0) is 37.1 Å². The first-order valence-electron chi connectivity index (χ1n) is 9.89. The van der Waals surface area contributed by atoms with Crippen molar-refractivity contribution in [1.29, 1.82) is 0 Å². The van der Waals surface area contributed by atoms with Crippen LogP contribution in [0, 0.1) is 0 Å². The van der Waals surface area contributed by atoms with Gasteiger partial charge in [-0.1, -0.05) is 30.5 Å². The van der Waals surface area contributed by atoms with Crippen molar-refractivity contribution >= 4 is 5.91 Å². The summed E-state index contributed by atoms with van der Waals surface area (Å²) in [5.41, 5.74) is 0.579. The van der Waals surface area contributed by atoms with Crippen LogP contribution in [0.2, 0.25) is 0 Å². The highest BCUT2D eigenvalue weighted by atomic mass is 16.5. The fraction of sp³-hybridized carbons (Fsp3) is 0.429. The first-order valence-corrected chi connectivity index (χ1v) is 9.89. The average molecular weight is 379 g/mol. The quantitative estimate of drug-likeness (QED) is 0.680. The van der Waals surface area contributed by atoms with Gasteiger partial charge < -0.3 is 14.4 Å². The first kappa shape index (κ1) is 18.4. The molecule has 1 aliphatic rings. The molecule has 1 fully saturated rings. The standard InChI is InChI=1S/C21H25N5O2/c27-18(16-21(10-3-1-4-11-21)26-14-6-7-15-26)23-13-9-19-24-20(25-28-19)17-8-2-5-12-22-17/h2,5-8,12,14-15H,1,3-4,9-11,13,16H2,(H,23,27). The highest BCUT2D eigenvalue weighted by Gasteiger charge is 2.35. The Morgan fingerprint density at radius 1 is 1.14 bits per heavy atom. The molecule has 0 atom stereocenters. The normalized spacial score (nSPS) is 16.0. The zero-order valence-corrected chi connectivity index (χ0v) is 15.9. The minimum atomic E-state index is -0.0948. The van der Waals surface area contributed by atoms with Gasteiger partial charge in [0.2, 0.25) is 17.6 Å². The largest absolute Gasteiger partial charge is 0.356 e. The Morgan fingerprint density at radius 3 is 2.71 bits per heavy atom. The van der Waals surface area contributed by atoms with Crippen LogP contribution in [0.15, 0.2) is 53.4 Å². The lowest BCUT2D eigenvalue weighted by Gasteiger charge is -2.38. The van der Waals surface area contributed by atoms with Gasteiger partial charge in [0.15, 0.2) is 0 Å². The number of carbonyl (C=O) groups is 1. The van der Waals surface area contributed by atoms with E-state index in [4.69, 9.17) is 4.52 Å². The summed E-state index contributed by atoms with van der Waals surface area (Å²) >= 11 is 0. The van der Waals surface area contributed by atoms with E-state index < -0.39 is 0 Å². The Balaban J connectivity index is 1.31. The molecule has 1 aliphatic carbocycles. The Bertz CT molecular complexity index is 883. The molecule has 3 aromatic heterocycles. The van der Waals surface area contributed by atoms with E-state index in [1.165, 1.54) is 19.3 Å². The maximum Gasteiger partial charge on any atom is 0.228 e. The Hall–Kier alpha value is -2.96. The lowest BCUT2D eigenvalue weighted by molar-refractivity contribution is -0.123. The molecule has 0 saturated heterocycles. The van der Waals surface area contributed by atoms with E-state index in [1.54, 1.807) is 6.20 Å². The van der Waals surface area contributed by atoms with E-state index in [-0.39, 0.29) is 11.4 Å². The van der Waals surface area contributed by atoms with Crippen molar-refractivity contribution in [2.24, 2.45) is 0 Å². The van der Waals surface area contributed by atoms with Crippen molar-refractivity contribution in [3.63, 3.8) is 0 Å². The topological polar surface area (TPSA) is 85.8 Å². The predicted molar refractivity (Wildman–Crippen MR) is 104 cm³/mol. The van der Waals surface area contributed by atoms with Crippen LogP contribution in [0.3, 0.4) is 0 Å². The summed E-state index contributed by atoms with van der Waals surface area (Å²) in [6.45, 7) is 0.477. The highest BCUT2D eigenvalue weighted by Crippen LogP contribution is 2.37. The number of carbonyl (C=O) groups excluding carboxylic acids is 1.